The van der Waals surface area contributed by atoms with Gasteiger partial charge in [0, 0.05) is 24.3 Å². The van der Waals surface area contributed by atoms with Crippen LogP contribution in [0.5, 0.6) is 0 Å². The molecule has 3 rings (SSSR count). The molecule has 1 aliphatic heterocycles. The summed E-state index contributed by atoms with van der Waals surface area (Å²) in [6.07, 6.45) is 4.06. The molecule has 0 unspecified atom stereocenters. The van der Waals surface area contributed by atoms with Crippen molar-refractivity contribution in [3.8, 4) is 11.8 Å². The highest BCUT2D eigenvalue weighted by atomic mass is 16.5. The van der Waals surface area contributed by atoms with Crippen molar-refractivity contribution in [3.05, 3.63) is 29.8 Å². The van der Waals surface area contributed by atoms with Crippen LogP contribution in [0, 0.1) is 11.8 Å². The first-order chi connectivity index (χ1) is 13.4. The highest BCUT2D eigenvalue weighted by Gasteiger charge is 2.31. The van der Waals surface area contributed by atoms with Crippen LogP contribution in [0.1, 0.15) is 72.8 Å². The Kier molecular flexibility index (Phi) is 10.6. The molecular weight excluding hydrogens is 350 g/mol. The zero-order valence-corrected chi connectivity index (χ0v) is 18.5. The van der Waals surface area contributed by atoms with Crippen molar-refractivity contribution >= 4 is 5.69 Å². The Morgan fingerprint density at radius 1 is 1.04 bits per heavy atom. The monoisotopic (exact) mass is 389 g/mol. The number of benzene rings is 1. The highest BCUT2D eigenvalue weighted by Crippen LogP contribution is 2.28. The molecule has 0 atom stereocenters. The number of piperidine rings is 1. The molecule has 0 amide bonds. The van der Waals surface area contributed by atoms with Gasteiger partial charge < -0.3 is 19.8 Å². The van der Waals surface area contributed by atoms with Crippen LogP contribution < -0.4 is 4.90 Å². The second-order valence-corrected chi connectivity index (χ2v) is 7.43. The maximum atomic E-state index is 9.73. The Morgan fingerprint density at radius 2 is 1.64 bits per heavy atom. The zero-order chi connectivity index (χ0) is 21.2. The van der Waals surface area contributed by atoms with Crippen molar-refractivity contribution in [2.75, 3.05) is 18.0 Å². The second-order valence-electron chi connectivity index (χ2n) is 7.43. The maximum absolute atomic E-state index is 9.73. The first-order valence-corrected chi connectivity index (χ1v) is 10.8. The third-order valence-corrected chi connectivity index (χ3v) is 4.62. The van der Waals surface area contributed by atoms with E-state index in [0.717, 1.165) is 44.3 Å². The number of hydrogen-bond donors (Lipinski definition) is 2. The van der Waals surface area contributed by atoms with Crippen LogP contribution in [0.25, 0.3) is 0 Å². The predicted octanol–water partition coefficient (Wildman–Crippen LogP) is 4.37. The van der Waals surface area contributed by atoms with E-state index < -0.39 is 5.60 Å². The SMILES string of the molecule is CC.CC.CC(C)(O)C#Cc1cccc(N2CCC(OC3CC(O)C3)CC2)c1. The standard InChI is InChI=1S/C20H27NO3.2C2H6/c1-20(2,23)9-6-15-4-3-5-16(12-15)21-10-7-18(8-11-21)24-19-13-17(22)14-19;2*1-2/h3-5,12,17-19,22-23H,7-8,10-11,13-14H2,1-2H3;2*1-2H3. The van der Waals surface area contributed by atoms with Gasteiger partial charge in [-0.05, 0) is 57.7 Å². The Balaban J connectivity index is 0.000000921. The van der Waals surface area contributed by atoms with Crippen molar-refractivity contribution in [2.45, 2.75) is 91.1 Å². The number of ether oxygens (including phenoxy) is 1. The van der Waals surface area contributed by atoms with Gasteiger partial charge in [-0.1, -0.05) is 45.6 Å². The topological polar surface area (TPSA) is 52.9 Å². The van der Waals surface area contributed by atoms with Gasteiger partial charge in [-0.2, -0.15) is 0 Å². The number of anilines is 1. The van der Waals surface area contributed by atoms with Crippen LogP contribution in [0.3, 0.4) is 0 Å². The summed E-state index contributed by atoms with van der Waals surface area (Å²) < 4.78 is 6.04. The lowest BCUT2D eigenvalue weighted by Crippen LogP contribution is -2.42. The molecule has 4 heteroatoms. The average Bonchev–Trinajstić information content (AvgIpc) is 2.69. The lowest BCUT2D eigenvalue weighted by Gasteiger charge is -2.39. The molecule has 158 valence electrons. The van der Waals surface area contributed by atoms with Crippen LogP contribution in [-0.4, -0.2) is 47.2 Å². The molecule has 2 fully saturated rings. The molecule has 0 aromatic heterocycles. The van der Waals surface area contributed by atoms with E-state index in [-0.39, 0.29) is 12.2 Å². The van der Waals surface area contributed by atoms with Gasteiger partial charge in [0.15, 0.2) is 0 Å². The van der Waals surface area contributed by atoms with Gasteiger partial charge in [0.2, 0.25) is 0 Å². The fourth-order valence-corrected chi connectivity index (χ4v) is 3.18. The van der Waals surface area contributed by atoms with E-state index in [9.17, 15) is 10.2 Å². The van der Waals surface area contributed by atoms with Crippen molar-refractivity contribution in [1.82, 2.24) is 0 Å². The molecule has 2 aliphatic rings. The number of aliphatic hydroxyl groups is 2. The minimum absolute atomic E-state index is 0.150. The minimum Gasteiger partial charge on any atom is -0.393 e. The maximum Gasteiger partial charge on any atom is 0.120 e. The summed E-state index contributed by atoms with van der Waals surface area (Å²) in [5.74, 6) is 5.90. The quantitative estimate of drug-likeness (QED) is 0.754. The molecule has 0 bridgehead atoms. The van der Waals surface area contributed by atoms with E-state index in [2.05, 4.69) is 28.9 Å². The molecule has 28 heavy (non-hydrogen) atoms. The van der Waals surface area contributed by atoms with Crippen LogP contribution in [-0.2, 0) is 4.74 Å². The van der Waals surface area contributed by atoms with E-state index in [0.29, 0.717) is 6.10 Å². The molecule has 2 N–H and O–H groups in total. The molecule has 0 spiro atoms. The summed E-state index contributed by atoms with van der Waals surface area (Å²) in [6.45, 7) is 13.3. The van der Waals surface area contributed by atoms with Gasteiger partial charge in [-0.15, -0.1) is 0 Å². The molecule has 1 aliphatic carbocycles. The van der Waals surface area contributed by atoms with Crippen LogP contribution in [0.15, 0.2) is 24.3 Å². The molecule has 1 heterocycles. The summed E-state index contributed by atoms with van der Waals surface area (Å²) in [4.78, 5) is 2.37. The van der Waals surface area contributed by atoms with Crippen molar-refractivity contribution in [2.24, 2.45) is 0 Å². The van der Waals surface area contributed by atoms with Crippen molar-refractivity contribution in [3.63, 3.8) is 0 Å². The largest absolute Gasteiger partial charge is 0.393 e. The van der Waals surface area contributed by atoms with Crippen molar-refractivity contribution < 1.29 is 14.9 Å². The smallest absolute Gasteiger partial charge is 0.120 e. The Hall–Kier alpha value is -1.54. The Labute approximate surface area is 171 Å². The molecule has 0 radical (unpaired) electrons. The number of aliphatic hydroxyl groups excluding tert-OH is 1. The predicted molar refractivity (Wildman–Crippen MR) is 118 cm³/mol. The summed E-state index contributed by atoms with van der Waals surface area (Å²) in [5.41, 5.74) is 1.13. The first kappa shape index (κ1) is 24.5. The van der Waals surface area contributed by atoms with Gasteiger partial charge in [0.05, 0.1) is 18.3 Å². The van der Waals surface area contributed by atoms with Gasteiger partial charge in [-0.25, -0.2) is 0 Å². The van der Waals surface area contributed by atoms with Gasteiger partial charge >= 0.3 is 0 Å². The summed E-state index contributed by atoms with van der Waals surface area (Å²) in [6, 6.07) is 8.18. The lowest BCUT2D eigenvalue weighted by atomic mass is 9.91. The van der Waals surface area contributed by atoms with E-state index in [4.69, 9.17) is 4.74 Å². The van der Waals surface area contributed by atoms with Crippen molar-refractivity contribution in [1.29, 1.82) is 0 Å². The Bertz CT molecular complexity index is 613. The molecule has 1 saturated heterocycles. The Morgan fingerprint density at radius 3 is 2.18 bits per heavy atom. The highest BCUT2D eigenvalue weighted by molar-refractivity contribution is 5.53. The molecule has 1 saturated carbocycles. The van der Waals surface area contributed by atoms with Crippen LogP contribution in [0.2, 0.25) is 0 Å². The average molecular weight is 390 g/mol. The molecular formula is C24H39NO3. The fraction of sp³-hybridized carbons (Fsp3) is 0.667. The second kappa shape index (κ2) is 12.1. The molecule has 4 nitrogen and oxygen atoms in total. The summed E-state index contributed by atoms with van der Waals surface area (Å²) in [7, 11) is 0. The molecule has 1 aromatic carbocycles. The summed E-state index contributed by atoms with van der Waals surface area (Å²) in [5, 5.41) is 19.1. The van der Waals surface area contributed by atoms with Crippen LogP contribution >= 0.6 is 0 Å². The van der Waals surface area contributed by atoms with E-state index >= 15 is 0 Å². The normalized spacial score (nSPS) is 21.8. The minimum atomic E-state index is -0.971. The molecule has 1 aromatic rings. The van der Waals surface area contributed by atoms with E-state index in [1.165, 1.54) is 5.69 Å². The van der Waals surface area contributed by atoms with E-state index in [1.54, 1.807) is 13.8 Å². The summed E-state index contributed by atoms with van der Waals surface area (Å²) >= 11 is 0. The lowest BCUT2D eigenvalue weighted by molar-refractivity contribution is -0.108. The van der Waals surface area contributed by atoms with Gasteiger partial charge in [0.25, 0.3) is 0 Å². The first-order valence-electron chi connectivity index (χ1n) is 10.8. The third-order valence-electron chi connectivity index (χ3n) is 4.62. The third kappa shape index (κ3) is 8.22. The number of rotatable bonds is 3. The fourth-order valence-electron chi connectivity index (χ4n) is 3.18. The number of nitrogens with zero attached hydrogens (tertiary/aromatic N) is 1. The number of hydrogen-bond acceptors (Lipinski definition) is 4. The van der Waals surface area contributed by atoms with Gasteiger partial charge in [-0.3, -0.25) is 0 Å². The van der Waals surface area contributed by atoms with Gasteiger partial charge in [0.1, 0.15) is 5.60 Å². The van der Waals surface area contributed by atoms with E-state index in [1.807, 2.05) is 39.8 Å². The zero-order valence-electron chi connectivity index (χ0n) is 18.5. The van der Waals surface area contributed by atoms with Crippen LogP contribution in [0.4, 0.5) is 5.69 Å².